The van der Waals surface area contributed by atoms with Crippen LogP contribution in [0.25, 0.3) is 5.78 Å². The van der Waals surface area contributed by atoms with E-state index in [1.807, 2.05) is 6.92 Å². The van der Waals surface area contributed by atoms with Gasteiger partial charge in [0.2, 0.25) is 17.8 Å². The van der Waals surface area contributed by atoms with Crippen LogP contribution in [-0.2, 0) is 16.0 Å². The Morgan fingerprint density at radius 3 is 2.90 bits per heavy atom. The molecule has 0 saturated carbocycles. The van der Waals surface area contributed by atoms with Crippen LogP contribution in [0.2, 0.25) is 0 Å². The average molecular weight is 398 g/mol. The molecule has 9 nitrogen and oxygen atoms in total. The van der Waals surface area contributed by atoms with Gasteiger partial charge in [-0.15, -0.1) is 0 Å². The van der Waals surface area contributed by atoms with Crippen molar-refractivity contribution in [2.45, 2.75) is 39.0 Å². The zero-order valence-electron chi connectivity index (χ0n) is 15.9. The van der Waals surface area contributed by atoms with Crippen LogP contribution in [-0.4, -0.2) is 31.4 Å². The average Bonchev–Trinajstić information content (AvgIpc) is 3.07. The van der Waals surface area contributed by atoms with Crippen LogP contribution >= 0.6 is 0 Å². The molecule has 0 saturated heterocycles. The lowest BCUT2D eigenvalue weighted by Gasteiger charge is -2.24. The quantitative estimate of drug-likeness (QED) is 0.620. The van der Waals surface area contributed by atoms with Gasteiger partial charge in [0.15, 0.2) is 0 Å². The molecule has 0 fully saturated rings. The molecule has 4 rings (SSSR count). The molecule has 2 amide bonds. The smallest absolute Gasteiger partial charge is 0.277 e. The summed E-state index contributed by atoms with van der Waals surface area (Å²) in [6.45, 7) is 3.71. The summed E-state index contributed by atoms with van der Waals surface area (Å²) in [6, 6.07) is 3.86. The molecule has 1 aliphatic heterocycles. The zero-order valence-corrected chi connectivity index (χ0v) is 15.9. The van der Waals surface area contributed by atoms with E-state index in [1.54, 1.807) is 6.92 Å². The number of carbonyl (C=O) groups excluding carboxylic acids is 2. The number of anilines is 2. The summed E-state index contributed by atoms with van der Waals surface area (Å²) < 4.78 is 14.8. The number of amides is 2. The largest absolute Gasteiger partial charge is 0.326 e. The van der Waals surface area contributed by atoms with E-state index in [4.69, 9.17) is 0 Å². The third kappa shape index (κ3) is 3.37. The minimum absolute atomic E-state index is 0.0246. The molecule has 1 unspecified atom stereocenters. The fraction of sp³-hybridized carbons (Fsp3) is 0.316. The Balaban J connectivity index is 1.66. The standard InChI is InChI=1S/C19H19FN6O3/c1-3-4-11-9(2)21-19-24-18(25-26(19)17(11)29)23-16(28)13-8-15(27)22-14-6-5-10(20)7-12(13)14/h5-7,13H,3-4,8H2,1-2H3,(H,22,27)(H2,21,23,24,25,28). The molecule has 2 aromatic heterocycles. The van der Waals surface area contributed by atoms with Crippen molar-refractivity contribution in [1.82, 2.24) is 19.6 Å². The maximum absolute atomic E-state index is 13.7. The molecule has 0 bridgehead atoms. The highest BCUT2D eigenvalue weighted by Gasteiger charge is 2.31. The molecule has 1 aliphatic rings. The fourth-order valence-electron chi connectivity index (χ4n) is 3.52. The van der Waals surface area contributed by atoms with Crippen LogP contribution in [0.15, 0.2) is 23.0 Å². The van der Waals surface area contributed by atoms with Crippen LogP contribution in [0.1, 0.15) is 42.5 Å². The van der Waals surface area contributed by atoms with Crippen molar-refractivity contribution in [3.63, 3.8) is 0 Å². The van der Waals surface area contributed by atoms with E-state index >= 15 is 0 Å². The Labute approximate surface area is 164 Å². The second-order valence-corrected chi connectivity index (χ2v) is 6.96. The molecule has 150 valence electrons. The van der Waals surface area contributed by atoms with Gasteiger partial charge in [-0.3, -0.25) is 24.8 Å². The predicted octanol–water partition coefficient (Wildman–Crippen LogP) is 1.88. The number of hydrogen-bond donors (Lipinski definition) is 3. The van der Waals surface area contributed by atoms with Crippen LogP contribution in [0.5, 0.6) is 0 Å². The van der Waals surface area contributed by atoms with E-state index in [9.17, 15) is 18.8 Å². The molecular weight excluding hydrogens is 379 g/mol. The number of aryl methyl sites for hydroxylation is 1. The van der Waals surface area contributed by atoms with E-state index in [1.165, 1.54) is 22.7 Å². The van der Waals surface area contributed by atoms with Gasteiger partial charge in [0, 0.05) is 17.7 Å². The van der Waals surface area contributed by atoms with Crippen molar-refractivity contribution in [2.24, 2.45) is 0 Å². The van der Waals surface area contributed by atoms with E-state index in [-0.39, 0.29) is 29.6 Å². The number of hydrogen-bond acceptors (Lipinski definition) is 5. The summed E-state index contributed by atoms with van der Waals surface area (Å²) in [6.07, 6.45) is 1.25. The maximum Gasteiger partial charge on any atom is 0.277 e. The zero-order chi connectivity index (χ0) is 20.7. The van der Waals surface area contributed by atoms with Crippen molar-refractivity contribution < 1.29 is 14.0 Å². The van der Waals surface area contributed by atoms with E-state index in [0.717, 1.165) is 6.42 Å². The van der Waals surface area contributed by atoms with E-state index < -0.39 is 17.6 Å². The van der Waals surface area contributed by atoms with Gasteiger partial charge in [-0.1, -0.05) is 13.3 Å². The molecule has 10 heteroatoms. The van der Waals surface area contributed by atoms with Crippen molar-refractivity contribution in [3.8, 4) is 0 Å². The molecule has 3 aromatic rings. The number of rotatable bonds is 4. The Morgan fingerprint density at radius 2 is 2.14 bits per heavy atom. The number of carbonyl (C=O) groups is 2. The number of nitrogens with zero attached hydrogens (tertiary/aromatic N) is 3. The molecule has 1 aromatic carbocycles. The van der Waals surface area contributed by atoms with Gasteiger partial charge in [0.1, 0.15) is 5.82 Å². The normalized spacial score (nSPS) is 15.8. The number of H-pyrrole nitrogens is 1. The van der Waals surface area contributed by atoms with E-state index in [2.05, 4.69) is 25.7 Å². The van der Waals surface area contributed by atoms with Gasteiger partial charge in [-0.2, -0.15) is 9.50 Å². The second-order valence-electron chi connectivity index (χ2n) is 6.96. The maximum atomic E-state index is 13.7. The summed E-state index contributed by atoms with van der Waals surface area (Å²) in [4.78, 5) is 45.8. The number of nitrogens with one attached hydrogen (secondary N) is 3. The minimum Gasteiger partial charge on any atom is -0.326 e. The van der Waals surface area contributed by atoms with Gasteiger partial charge >= 0.3 is 0 Å². The first-order valence-corrected chi connectivity index (χ1v) is 9.25. The molecule has 3 heterocycles. The first kappa shape index (κ1) is 18.8. The Bertz CT molecular complexity index is 1200. The van der Waals surface area contributed by atoms with Gasteiger partial charge in [0.05, 0.1) is 11.6 Å². The van der Waals surface area contributed by atoms with Crippen LogP contribution in [0.4, 0.5) is 16.0 Å². The minimum atomic E-state index is -0.885. The predicted molar refractivity (Wildman–Crippen MR) is 103 cm³/mol. The summed E-state index contributed by atoms with van der Waals surface area (Å²) in [5, 5.41) is 7.93. The fourth-order valence-corrected chi connectivity index (χ4v) is 3.52. The third-order valence-electron chi connectivity index (χ3n) is 4.91. The Kier molecular flexibility index (Phi) is 4.61. The second kappa shape index (κ2) is 7.12. The molecule has 29 heavy (non-hydrogen) atoms. The number of halogens is 1. The lowest BCUT2D eigenvalue weighted by Crippen LogP contribution is -2.31. The number of fused-ring (bicyclic) bond motifs is 2. The van der Waals surface area contributed by atoms with Crippen molar-refractivity contribution in [2.75, 3.05) is 10.6 Å². The van der Waals surface area contributed by atoms with Crippen molar-refractivity contribution >= 4 is 29.2 Å². The molecule has 3 N–H and O–H groups in total. The third-order valence-corrected chi connectivity index (χ3v) is 4.91. The number of benzene rings is 1. The Hall–Kier alpha value is -3.56. The Morgan fingerprint density at radius 1 is 1.34 bits per heavy atom. The topological polar surface area (TPSA) is 121 Å². The first-order valence-electron chi connectivity index (χ1n) is 9.25. The van der Waals surface area contributed by atoms with E-state index in [0.29, 0.717) is 28.9 Å². The van der Waals surface area contributed by atoms with Crippen LogP contribution < -0.4 is 16.2 Å². The van der Waals surface area contributed by atoms with Gasteiger partial charge in [0.25, 0.3) is 11.3 Å². The summed E-state index contributed by atoms with van der Waals surface area (Å²) in [5.41, 5.74) is 1.68. The number of aromatic amines is 1. The lowest BCUT2D eigenvalue weighted by atomic mass is 9.89. The molecule has 0 radical (unpaired) electrons. The first-order chi connectivity index (χ1) is 13.9. The SMILES string of the molecule is CCCc1c(C)nc2nc(NC(=O)C3CC(=O)Nc4ccc(F)cc43)[nH]n2c1=O. The molecule has 1 atom stereocenters. The van der Waals surface area contributed by atoms with Gasteiger partial charge < -0.3 is 5.32 Å². The molecule has 0 aliphatic carbocycles. The summed E-state index contributed by atoms with van der Waals surface area (Å²) in [5.74, 6) is -2.11. The van der Waals surface area contributed by atoms with Gasteiger partial charge in [-0.25, -0.2) is 9.37 Å². The summed E-state index contributed by atoms with van der Waals surface area (Å²) in [7, 11) is 0. The highest BCUT2D eigenvalue weighted by molar-refractivity contribution is 6.04. The van der Waals surface area contributed by atoms with Crippen molar-refractivity contribution in [1.29, 1.82) is 0 Å². The van der Waals surface area contributed by atoms with Crippen molar-refractivity contribution in [3.05, 3.63) is 51.2 Å². The number of aromatic nitrogens is 4. The van der Waals surface area contributed by atoms with Crippen LogP contribution in [0.3, 0.4) is 0 Å². The highest BCUT2D eigenvalue weighted by Crippen LogP contribution is 2.33. The van der Waals surface area contributed by atoms with Crippen LogP contribution in [0, 0.1) is 12.7 Å². The summed E-state index contributed by atoms with van der Waals surface area (Å²) >= 11 is 0. The monoisotopic (exact) mass is 398 g/mol. The lowest BCUT2D eigenvalue weighted by molar-refractivity contribution is -0.123. The highest BCUT2D eigenvalue weighted by atomic mass is 19.1. The molecule has 0 spiro atoms. The van der Waals surface area contributed by atoms with Gasteiger partial charge in [-0.05, 0) is 37.1 Å². The molecular formula is C19H19FN6O3.